The number of nitrogens with zero attached hydrogens (tertiary/aromatic N) is 3. The van der Waals surface area contributed by atoms with E-state index in [9.17, 15) is 0 Å². The van der Waals surface area contributed by atoms with E-state index >= 15 is 0 Å². The molecule has 80 valence electrons. The smallest absolute Gasteiger partial charge is 0.230 e. The van der Waals surface area contributed by atoms with Crippen LogP contribution in [0.1, 0.15) is 25.6 Å². The first-order valence-corrected chi connectivity index (χ1v) is 4.79. The maximum absolute atomic E-state index is 9.14. The standard InChI is InChI=1S/C9H17N3O2/c1-4-8-10-11-9(14-8)6-12(3)5-7(2)13/h7,13H,4-6H2,1-3H3. The summed E-state index contributed by atoms with van der Waals surface area (Å²) in [6.07, 6.45) is 0.418. The van der Waals surface area contributed by atoms with Gasteiger partial charge in [-0.1, -0.05) is 6.92 Å². The molecule has 5 nitrogen and oxygen atoms in total. The summed E-state index contributed by atoms with van der Waals surface area (Å²) in [6, 6.07) is 0. The minimum Gasteiger partial charge on any atom is -0.424 e. The Balaban J connectivity index is 2.43. The number of hydrogen-bond donors (Lipinski definition) is 1. The lowest BCUT2D eigenvalue weighted by molar-refractivity contribution is 0.133. The minimum absolute atomic E-state index is 0.339. The summed E-state index contributed by atoms with van der Waals surface area (Å²) in [5, 5.41) is 16.9. The first kappa shape index (κ1) is 11.1. The normalized spacial score (nSPS) is 13.5. The Kier molecular flexibility index (Phi) is 4.03. The van der Waals surface area contributed by atoms with E-state index in [1.165, 1.54) is 0 Å². The summed E-state index contributed by atoms with van der Waals surface area (Å²) >= 11 is 0. The first-order valence-electron chi connectivity index (χ1n) is 4.79. The Morgan fingerprint density at radius 3 is 2.57 bits per heavy atom. The lowest BCUT2D eigenvalue weighted by Crippen LogP contribution is -2.26. The topological polar surface area (TPSA) is 62.4 Å². The van der Waals surface area contributed by atoms with Crippen molar-refractivity contribution in [1.29, 1.82) is 0 Å². The molecular weight excluding hydrogens is 182 g/mol. The van der Waals surface area contributed by atoms with Crippen molar-refractivity contribution in [1.82, 2.24) is 15.1 Å². The molecule has 0 saturated carbocycles. The van der Waals surface area contributed by atoms with Gasteiger partial charge in [-0.2, -0.15) is 0 Å². The van der Waals surface area contributed by atoms with Crippen molar-refractivity contribution < 1.29 is 9.52 Å². The minimum atomic E-state index is -0.339. The van der Waals surface area contributed by atoms with E-state index in [1.54, 1.807) is 6.92 Å². The molecule has 1 atom stereocenters. The van der Waals surface area contributed by atoms with Crippen LogP contribution in [0.4, 0.5) is 0 Å². The maximum atomic E-state index is 9.14. The Bertz CT molecular complexity index is 273. The lowest BCUT2D eigenvalue weighted by Gasteiger charge is -2.15. The molecular formula is C9H17N3O2. The molecule has 0 radical (unpaired) electrons. The fraction of sp³-hybridized carbons (Fsp3) is 0.778. The van der Waals surface area contributed by atoms with Gasteiger partial charge in [0.05, 0.1) is 12.6 Å². The van der Waals surface area contributed by atoms with Gasteiger partial charge < -0.3 is 9.52 Å². The molecule has 0 aromatic carbocycles. The molecule has 1 aromatic rings. The highest BCUT2D eigenvalue weighted by molar-refractivity contribution is 4.81. The number of aryl methyl sites for hydroxylation is 1. The molecule has 1 heterocycles. The molecule has 0 fully saturated rings. The number of rotatable bonds is 5. The zero-order chi connectivity index (χ0) is 10.6. The van der Waals surface area contributed by atoms with Crippen LogP contribution < -0.4 is 0 Å². The van der Waals surface area contributed by atoms with Crippen LogP contribution in [0.25, 0.3) is 0 Å². The third kappa shape index (κ3) is 3.43. The van der Waals surface area contributed by atoms with E-state index < -0.39 is 0 Å². The van der Waals surface area contributed by atoms with Gasteiger partial charge in [0, 0.05) is 13.0 Å². The monoisotopic (exact) mass is 199 g/mol. The predicted molar refractivity (Wildman–Crippen MR) is 51.7 cm³/mol. The highest BCUT2D eigenvalue weighted by Gasteiger charge is 2.09. The summed E-state index contributed by atoms with van der Waals surface area (Å²) in [7, 11) is 1.91. The first-order chi connectivity index (χ1) is 6.61. The van der Waals surface area contributed by atoms with E-state index in [-0.39, 0.29) is 6.10 Å². The highest BCUT2D eigenvalue weighted by Crippen LogP contribution is 2.03. The van der Waals surface area contributed by atoms with Gasteiger partial charge >= 0.3 is 0 Å². The number of hydrogen-bond acceptors (Lipinski definition) is 5. The molecule has 0 spiro atoms. The molecule has 0 bridgehead atoms. The van der Waals surface area contributed by atoms with Crippen molar-refractivity contribution in [3.05, 3.63) is 11.8 Å². The molecule has 0 aliphatic carbocycles. The molecule has 1 rings (SSSR count). The van der Waals surface area contributed by atoms with Crippen LogP contribution in [0.5, 0.6) is 0 Å². The SMILES string of the molecule is CCc1nnc(CN(C)CC(C)O)o1. The Labute approximate surface area is 83.7 Å². The predicted octanol–water partition coefficient (Wildman–Crippen LogP) is 0.445. The van der Waals surface area contributed by atoms with Crippen LogP contribution in [-0.4, -0.2) is 39.9 Å². The maximum Gasteiger partial charge on any atom is 0.230 e. The summed E-state index contributed by atoms with van der Waals surface area (Å²) in [5.74, 6) is 1.26. The van der Waals surface area contributed by atoms with Crippen LogP contribution in [0.15, 0.2) is 4.42 Å². The van der Waals surface area contributed by atoms with E-state index in [1.807, 2.05) is 18.9 Å². The average Bonchev–Trinajstić information content (AvgIpc) is 2.50. The molecule has 1 unspecified atom stereocenters. The van der Waals surface area contributed by atoms with Crippen molar-refractivity contribution in [2.75, 3.05) is 13.6 Å². The van der Waals surface area contributed by atoms with E-state index in [0.717, 1.165) is 6.42 Å². The summed E-state index contributed by atoms with van der Waals surface area (Å²) < 4.78 is 5.34. The molecule has 0 aliphatic heterocycles. The number of likely N-dealkylation sites (N-methyl/N-ethyl adjacent to an activating group) is 1. The van der Waals surface area contributed by atoms with Crippen LogP contribution in [0.3, 0.4) is 0 Å². The van der Waals surface area contributed by atoms with E-state index in [4.69, 9.17) is 9.52 Å². The quantitative estimate of drug-likeness (QED) is 0.745. The lowest BCUT2D eigenvalue weighted by atomic mass is 10.4. The van der Waals surface area contributed by atoms with Gasteiger partial charge in [0.1, 0.15) is 0 Å². The van der Waals surface area contributed by atoms with Crippen LogP contribution in [0, 0.1) is 0 Å². The van der Waals surface area contributed by atoms with Crippen molar-refractivity contribution >= 4 is 0 Å². The van der Waals surface area contributed by atoms with Gasteiger partial charge in [-0.05, 0) is 14.0 Å². The highest BCUT2D eigenvalue weighted by atomic mass is 16.4. The average molecular weight is 199 g/mol. The van der Waals surface area contributed by atoms with Gasteiger partial charge in [-0.15, -0.1) is 10.2 Å². The van der Waals surface area contributed by atoms with Gasteiger partial charge in [-0.25, -0.2) is 0 Å². The zero-order valence-corrected chi connectivity index (χ0v) is 8.90. The molecule has 14 heavy (non-hydrogen) atoms. The van der Waals surface area contributed by atoms with Crippen LogP contribution in [0.2, 0.25) is 0 Å². The molecule has 1 aromatic heterocycles. The molecule has 1 N–H and O–H groups in total. The van der Waals surface area contributed by atoms with Gasteiger partial charge in [0.25, 0.3) is 0 Å². The second-order valence-electron chi connectivity index (χ2n) is 3.49. The summed E-state index contributed by atoms with van der Waals surface area (Å²) in [6.45, 7) is 4.90. The Morgan fingerprint density at radius 1 is 1.43 bits per heavy atom. The fourth-order valence-electron chi connectivity index (χ4n) is 1.24. The largest absolute Gasteiger partial charge is 0.424 e. The van der Waals surface area contributed by atoms with Crippen molar-refractivity contribution in [3.8, 4) is 0 Å². The zero-order valence-electron chi connectivity index (χ0n) is 8.90. The van der Waals surface area contributed by atoms with E-state index in [0.29, 0.717) is 24.9 Å². The second-order valence-corrected chi connectivity index (χ2v) is 3.49. The Hall–Kier alpha value is -0.940. The van der Waals surface area contributed by atoms with Gasteiger partial charge in [0.2, 0.25) is 11.8 Å². The fourth-order valence-corrected chi connectivity index (χ4v) is 1.24. The number of aromatic nitrogens is 2. The third-order valence-corrected chi connectivity index (χ3v) is 1.79. The Morgan fingerprint density at radius 2 is 2.07 bits per heavy atom. The summed E-state index contributed by atoms with van der Waals surface area (Å²) in [4.78, 5) is 1.94. The van der Waals surface area contributed by atoms with Gasteiger partial charge in [-0.3, -0.25) is 4.90 Å². The van der Waals surface area contributed by atoms with Crippen molar-refractivity contribution in [3.63, 3.8) is 0 Å². The molecule has 0 saturated heterocycles. The van der Waals surface area contributed by atoms with E-state index in [2.05, 4.69) is 10.2 Å². The van der Waals surface area contributed by atoms with Crippen LogP contribution >= 0.6 is 0 Å². The summed E-state index contributed by atoms with van der Waals surface area (Å²) in [5.41, 5.74) is 0. The molecule has 0 aliphatic rings. The van der Waals surface area contributed by atoms with Crippen LogP contribution in [-0.2, 0) is 13.0 Å². The van der Waals surface area contributed by atoms with Crippen molar-refractivity contribution in [2.45, 2.75) is 32.9 Å². The number of aliphatic hydroxyl groups excluding tert-OH is 1. The third-order valence-electron chi connectivity index (χ3n) is 1.79. The molecule has 0 amide bonds. The van der Waals surface area contributed by atoms with Crippen molar-refractivity contribution in [2.24, 2.45) is 0 Å². The molecule has 5 heteroatoms. The number of aliphatic hydroxyl groups is 1. The second kappa shape index (κ2) is 5.07. The van der Waals surface area contributed by atoms with Gasteiger partial charge in [0.15, 0.2) is 0 Å².